The summed E-state index contributed by atoms with van der Waals surface area (Å²) in [6.45, 7) is 1.48. The van der Waals surface area contributed by atoms with Crippen LogP contribution in [0.2, 0.25) is 0 Å². The highest BCUT2D eigenvalue weighted by molar-refractivity contribution is 7.91. The van der Waals surface area contributed by atoms with E-state index in [1.54, 1.807) is 24.3 Å². The van der Waals surface area contributed by atoms with E-state index in [1.807, 2.05) is 0 Å². The van der Waals surface area contributed by atoms with Crippen LogP contribution in [0.4, 0.5) is 5.69 Å². The molecule has 1 rings (SSSR count). The fraction of sp³-hybridized carbons (Fsp3) is 0.400. The van der Waals surface area contributed by atoms with E-state index in [-0.39, 0.29) is 0 Å². The molecule has 0 heterocycles. The summed E-state index contributed by atoms with van der Waals surface area (Å²) in [5, 5.41) is 8.98. The number of anilines is 1. The third kappa shape index (κ3) is 2.94. The summed E-state index contributed by atoms with van der Waals surface area (Å²) in [5.41, 5.74) is 6.57. The number of nitrogen functional groups attached to an aromatic ring is 1. The molecule has 5 heteroatoms. The molecule has 0 aliphatic rings. The molecule has 0 aliphatic carbocycles. The number of sulfone groups is 1. The standard InChI is InChI=1S/C10H15NO3S/c1-7(15(2,13)14)10(12)8-4-3-5-9(11)6-8/h3-7,10,12H,11H2,1-2H3. The number of hydrogen-bond acceptors (Lipinski definition) is 4. The third-order valence-electron chi connectivity index (χ3n) is 2.37. The normalized spacial score (nSPS) is 15.9. The summed E-state index contributed by atoms with van der Waals surface area (Å²) in [4.78, 5) is 0. The Balaban J connectivity index is 3.00. The lowest BCUT2D eigenvalue weighted by atomic mass is 10.1. The molecule has 15 heavy (non-hydrogen) atoms. The van der Waals surface area contributed by atoms with Gasteiger partial charge in [-0.25, -0.2) is 8.42 Å². The minimum absolute atomic E-state index is 0.507. The van der Waals surface area contributed by atoms with Gasteiger partial charge in [-0.2, -0.15) is 0 Å². The van der Waals surface area contributed by atoms with Gasteiger partial charge in [0.1, 0.15) is 0 Å². The Hall–Kier alpha value is -1.07. The molecule has 1 aromatic carbocycles. The van der Waals surface area contributed by atoms with Crippen molar-refractivity contribution in [2.75, 3.05) is 12.0 Å². The lowest BCUT2D eigenvalue weighted by Gasteiger charge is -2.17. The molecule has 2 atom stereocenters. The topological polar surface area (TPSA) is 80.4 Å². The van der Waals surface area contributed by atoms with Crippen LogP contribution in [0.3, 0.4) is 0 Å². The van der Waals surface area contributed by atoms with E-state index in [2.05, 4.69) is 0 Å². The predicted octanol–water partition coefficient (Wildman–Crippen LogP) is 0.735. The lowest BCUT2D eigenvalue weighted by molar-refractivity contribution is 0.176. The molecule has 0 aromatic heterocycles. The summed E-state index contributed by atoms with van der Waals surface area (Å²) in [6, 6.07) is 6.60. The van der Waals surface area contributed by atoms with Gasteiger partial charge in [0, 0.05) is 11.9 Å². The van der Waals surface area contributed by atoms with Crippen molar-refractivity contribution in [1.29, 1.82) is 0 Å². The third-order valence-corrected chi connectivity index (χ3v) is 3.98. The molecule has 0 radical (unpaired) electrons. The second-order valence-electron chi connectivity index (χ2n) is 3.65. The van der Waals surface area contributed by atoms with E-state index in [0.29, 0.717) is 11.3 Å². The molecule has 4 nitrogen and oxygen atoms in total. The Bertz CT molecular complexity index is 442. The monoisotopic (exact) mass is 229 g/mol. The molecule has 1 aromatic rings. The van der Waals surface area contributed by atoms with Gasteiger partial charge in [0.15, 0.2) is 9.84 Å². The molecular weight excluding hydrogens is 214 g/mol. The van der Waals surface area contributed by atoms with Gasteiger partial charge in [-0.15, -0.1) is 0 Å². The fourth-order valence-corrected chi connectivity index (χ4v) is 1.87. The van der Waals surface area contributed by atoms with Crippen LogP contribution in [0, 0.1) is 0 Å². The van der Waals surface area contributed by atoms with Crippen LogP contribution in [0.5, 0.6) is 0 Å². The molecule has 0 bridgehead atoms. The van der Waals surface area contributed by atoms with Gasteiger partial charge >= 0.3 is 0 Å². The zero-order valence-corrected chi connectivity index (χ0v) is 9.53. The number of nitrogens with two attached hydrogens (primary N) is 1. The zero-order valence-electron chi connectivity index (χ0n) is 8.71. The summed E-state index contributed by atoms with van der Waals surface area (Å²) in [5.74, 6) is 0. The van der Waals surface area contributed by atoms with Crippen molar-refractivity contribution in [2.24, 2.45) is 0 Å². The van der Waals surface area contributed by atoms with Gasteiger partial charge in [-0.1, -0.05) is 12.1 Å². The van der Waals surface area contributed by atoms with Crippen LogP contribution in [0.1, 0.15) is 18.6 Å². The predicted molar refractivity (Wildman–Crippen MR) is 60.1 cm³/mol. The molecule has 0 fully saturated rings. The van der Waals surface area contributed by atoms with Crippen LogP contribution in [0.15, 0.2) is 24.3 Å². The first-order valence-electron chi connectivity index (χ1n) is 4.54. The second kappa shape index (κ2) is 4.20. The Labute approximate surface area is 89.7 Å². The van der Waals surface area contributed by atoms with E-state index >= 15 is 0 Å². The van der Waals surface area contributed by atoms with Gasteiger partial charge in [-0.05, 0) is 24.6 Å². The Morgan fingerprint density at radius 3 is 2.47 bits per heavy atom. The summed E-state index contributed by atoms with van der Waals surface area (Å²) in [6.07, 6.45) is 0.0659. The molecule has 0 saturated heterocycles. The maximum absolute atomic E-state index is 11.2. The molecule has 0 spiro atoms. The highest BCUT2D eigenvalue weighted by Crippen LogP contribution is 2.22. The van der Waals surface area contributed by atoms with Crippen molar-refractivity contribution < 1.29 is 13.5 Å². The minimum atomic E-state index is -3.25. The largest absolute Gasteiger partial charge is 0.399 e. The van der Waals surface area contributed by atoms with Crippen LogP contribution in [-0.4, -0.2) is 25.0 Å². The molecule has 0 amide bonds. The van der Waals surface area contributed by atoms with Crippen LogP contribution in [-0.2, 0) is 9.84 Å². The van der Waals surface area contributed by atoms with Gasteiger partial charge in [0.25, 0.3) is 0 Å². The summed E-state index contributed by atoms with van der Waals surface area (Å²) < 4.78 is 22.5. The highest BCUT2D eigenvalue weighted by atomic mass is 32.2. The van der Waals surface area contributed by atoms with Crippen molar-refractivity contribution in [3.05, 3.63) is 29.8 Å². The van der Waals surface area contributed by atoms with E-state index < -0.39 is 21.2 Å². The maximum atomic E-state index is 11.2. The van der Waals surface area contributed by atoms with Crippen LogP contribution in [0.25, 0.3) is 0 Å². The molecule has 84 valence electrons. The Morgan fingerprint density at radius 2 is 2.00 bits per heavy atom. The SMILES string of the molecule is CC(C(O)c1cccc(N)c1)S(C)(=O)=O. The van der Waals surface area contributed by atoms with E-state index in [0.717, 1.165) is 6.26 Å². The van der Waals surface area contributed by atoms with Gasteiger partial charge in [0.05, 0.1) is 11.4 Å². The van der Waals surface area contributed by atoms with Crippen molar-refractivity contribution in [2.45, 2.75) is 18.3 Å². The number of aliphatic hydroxyl groups excluding tert-OH is 1. The number of rotatable bonds is 3. The van der Waals surface area contributed by atoms with Crippen molar-refractivity contribution >= 4 is 15.5 Å². The zero-order chi connectivity index (χ0) is 11.6. The van der Waals surface area contributed by atoms with Gasteiger partial charge in [-0.3, -0.25) is 0 Å². The molecule has 2 unspecified atom stereocenters. The minimum Gasteiger partial charge on any atom is -0.399 e. The smallest absolute Gasteiger partial charge is 0.152 e. The highest BCUT2D eigenvalue weighted by Gasteiger charge is 2.25. The Kier molecular flexibility index (Phi) is 3.36. The molecule has 0 saturated carbocycles. The molecule has 0 aliphatic heterocycles. The van der Waals surface area contributed by atoms with E-state index in [9.17, 15) is 13.5 Å². The van der Waals surface area contributed by atoms with Gasteiger partial charge in [0.2, 0.25) is 0 Å². The fourth-order valence-electron chi connectivity index (χ4n) is 1.25. The van der Waals surface area contributed by atoms with Crippen molar-refractivity contribution in [3.8, 4) is 0 Å². The quantitative estimate of drug-likeness (QED) is 0.749. The van der Waals surface area contributed by atoms with Crippen LogP contribution >= 0.6 is 0 Å². The average molecular weight is 229 g/mol. The van der Waals surface area contributed by atoms with Crippen molar-refractivity contribution in [3.63, 3.8) is 0 Å². The second-order valence-corrected chi connectivity index (χ2v) is 6.05. The summed E-state index contributed by atoms with van der Waals surface area (Å²) in [7, 11) is -3.25. The average Bonchev–Trinajstić information content (AvgIpc) is 2.14. The first kappa shape index (κ1) is 12.0. The number of benzene rings is 1. The first-order chi connectivity index (χ1) is 6.82. The maximum Gasteiger partial charge on any atom is 0.152 e. The van der Waals surface area contributed by atoms with Crippen molar-refractivity contribution in [1.82, 2.24) is 0 Å². The number of aliphatic hydroxyl groups is 1. The van der Waals surface area contributed by atoms with E-state index in [1.165, 1.54) is 6.92 Å². The van der Waals surface area contributed by atoms with Crippen LogP contribution < -0.4 is 5.73 Å². The Morgan fingerprint density at radius 1 is 1.40 bits per heavy atom. The summed E-state index contributed by atoms with van der Waals surface area (Å²) >= 11 is 0. The molecular formula is C10H15NO3S. The van der Waals surface area contributed by atoms with E-state index in [4.69, 9.17) is 5.73 Å². The first-order valence-corrected chi connectivity index (χ1v) is 6.50. The number of hydrogen-bond donors (Lipinski definition) is 2. The van der Waals surface area contributed by atoms with Gasteiger partial charge < -0.3 is 10.8 Å². The lowest BCUT2D eigenvalue weighted by Crippen LogP contribution is -2.24. The molecule has 3 N–H and O–H groups in total.